The molecule has 2 aromatic heterocycles. The molecule has 0 spiro atoms. The predicted molar refractivity (Wildman–Crippen MR) is 67.2 cm³/mol. The summed E-state index contributed by atoms with van der Waals surface area (Å²) in [6.07, 6.45) is 7.00. The Hall–Kier alpha value is -1.16. The number of aryl methyl sites for hydroxylation is 1. The van der Waals surface area contributed by atoms with Gasteiger partial charge in [0.25, 0.3) is 0 Å². The van der Waals surface area contributed by atoms with Gasteiger partial charge in [-0.1, -0.05) is 12.8 Å². The molecule has 0 atom stereocenters. The first kappa shape index (κ1) is 10.0. The summed E-state index contributed by atoms with van der Waals surface area (Å²) < 4.78 is 3.02. The fourth-order valence-corrected chi connectivity index (χ4v) is 2.96. The van der Waals surface area contributed by atoms with Crippen LogP contribution in [0.25, 0.3) is 11.2 Å². The molecule has 2 aromatic rings. The highest BCUT2D eigenvalue weighted by Crippen LogP contribution is 2.32. The lowest BCUT2D eigenvalue weighted by molar-refractivity contribution is 0.523. The van der Waals surface area contributed by atoms with Gasteiger partial charge in [-0.2, -0.15) is 0 Å². The van der Waals surface area contributed by atoms with Crippen LogP contribution in [0, 0.1) is 11.7 Å². The van der Waals surface area contributed by atoms with E-state index in [2.05, 4.69) is 27.5 Å². The first-order valence-corrected chi connectivity index (χ1v) is 6.23. The summed E-state index contributed by atoms with van der Waals surface area (Å²) in [5, 5.41) is 0. The second-order valence-electron chi connectivity index (χ2n) is 4.62. The van der Waals surface area contributed by atoms with Crippen molar-refractivity contribution >= 4 is 23.4 Å². The second-order valence-corrected chi connectivity index (χ2v) is 5.01. The van der Waals surface area contributed by atoms with E-state index in [4.69, 9.17) is 12.2 Å². The summed E-state index contributed by atoms with van der Waals surface area (Å²) in [5.74, 6) is 0. The number of nitrogens with one attached hydrogen (secondary N) is 1. The van der Waals surface area contributed by atoms with Gasteiger partial charge in [0.1, 0.15) is 0 Å². The summed E-state index contributed by atoms with van der Waals surface area (Å²) in [4.78, 5) is 7.77. The minimum atomic E-state index is 0.552. The van der Waals surface area contributed by atoms with Crippen LogP contribution in [-0.2, 0) is 0 Å². The molecule has 0 bridgehead atoms. The van der Waals surface area contributed by atoms with Crippen molar-refractivity contribution in [3.8, 4) is 0 Å². The molecule has 3 nitrogen and oxygen atoms in total. The molecule has 1 fully saturated rings. The number of aromatic nitrogens is 3. The first-order valence-electron chi connectivity index (χ1n) is 5.82. The van der Waals surface area contributed by atoms with Crippen molar-refractivity contribution in [2.24, 2.45) is 0 Å². The Morgan fingerprint density at radius 3 is 2.94 bits per heavy atom. The summed E-state index contributed by atoms with van der Waals surface area (Å²) in [6.45, 7) is 2.05. The second kappa shape index (κ2) is 3.70. The molecular weight excluding hydrogens is 218 g/mol. The van der Waals surface area contributed by atoms with Gasteiger partial charge in [0.15, 0.2) is 10.4 Å². The molecule has 0 radical (unpaired) electrons. The van der Waals surface area contributed by atoms with E-state index in [1.807, 2.05) is 6.20 Å². The number of hydrogen-bond donors (Lipinski definition) is 1. The van der Waals surface area contributed by atoms with Gasteiger partial charge >= 0.3 is 0 Å². The maximum atomic E-state index is 5.40. The van der Waals surface area contributed by atoms with Crippen LogP contribution >= 0.6 is 12.2 Å². The van der Waals surface area contributed by atoms with Gasteiger partial charge in [-0.25, -0.2) is 4.98 Å². The monoisotopic (exact) mass is 233 g/mol. The van der Waals surface area contributed by atoms with E-state index in [1.165, 1.54) is 31.2 Å². The average Bonchev–Trinajstić information content (AvgIpc) is 2.83. The van der Waals surface area contributed by atoms with Gasteiger partial charge < -0.3 is 4.98 Å². The Kier molecular flexibility index (Phi) is 2.32. The molecular formula is C12H15N3S. The Labute approximate surface area is 99.5 Å². The summed E-state index contributed by atoms with van der Waals surface area (Å²) in [7, 11) is 0. The van der Waals surface area contributed by atoms with E-state index in [1.54, 1.807) is 0 Å². The zero-order valence-corrected chi connectivity index (χ0v) is 10.2. The lowest BCUT2D eigenvalue weighted by atomic mass is 10.2. The molecule has 1 saturated carbocycles. The Balaban J connectivity index is 2.23. The lowest BCUT2D eigenvalue weighted by Gasteiger charge is -2.11. The van der Waals surface area contributed by atoms with Crippen molar-refractivity contribution in [2.75, 3.05) is 0 Å². The smallest absolute Gasteiger partial charge is 0.179 e. The fourth-order valence-electron chi connectivity index (χ4n) is 2.62. The van der Waals surface area contributed by atoms with Gasteiger partial charge in [0.2, 0.25) is 0 Å². The maximum Gasteiger partial charge on any atom is 0.179 e. The van der Waals surface area contributed by atoms with Crippen LogP contribution in [0.3, 0.4) is 0 Å². The highest BCUT2D eigenvalue weighted by Gasteiger charge is 2.20. The highest BCUT2D eigenvalue weighted by atomic mass is 32.1. The van der Waals surface area contributed by atoms with Crippen LogP contribution in [0.4, 0.5) is 0 Å². The number of aromatic amines is 1. The summed E-state index contributed by atoms with van der Waals surface area (Å²) in [5.41, 5.74) is 3.25. The van der Waals surface area contributed by atoms with Crippen LogP contribution in [0.1, 0.15) is 37.3 Å². The van der Waals surface area contributed by atoms with Crippen LogP contribution < -0.4 is 0 Å². The van der Waals surface area contributed by atoms with Gasteiger partial charge in [-0.05, 0) is 43.6 Å². The summed E-state index contributed by atoms with van der Waals surface area (Å²) >= 11 is 5.40. The number of pyridine rings is 1. The molecule has 0 unspecified atom stereocenters. The van der Waals surface area contributed by atoms with Gasteiger partial charge in [-0.15, -0.1) is 0 Å². The first-order chi connectivity index (χ1) is 7.75. The molecule has 0 saturated heterocycles. The molecule has 16 heavy (non-hydrogen) atoms. The quantitative estimate of drug-likeness (QED) is 0.765. The molecule has 1 aliphatic rings. The fraction of sp³-hybridized carbons (Fsp3) is 0.500. The number of H-pyrrole nitrogens is 1. The number of nitrogens with zero attached hydrogens (tertiary/aromatic N) is 2. The lowest BCUT2D eigenvalue weighted by Crippen LogP contribution is -2.05. The predicted octanol–water partition coefficient (Wildman–Crippen LogP) is 3.52. The van der Waals surface area contributed by atoms with Crippen molar-refractivity contribution in [2.45, 2.75) is 38.6 Å². The average molecular weight is 233 g/mol. The number of imidazole rings is 1. The third-order valence-corrected chi connectivity index (χ3v) is 3.68. The molecule has 0 amide bonds. The third-order valence-electron chi connectivity index (χ3n) is 3.38. The standard InChI is InChI=1S/C12H15N3S/c1-8-6-10-11(13-7-8)15(12(16)14-10)9-4-2-3-5-9/h6-7,9H,2-5H2,1H3,(H,14,16). The third kappa shape index (κ3) is 1.48. The van der Waals surface area contributed by atoms with Crippen molar-refractivity contribution in [3.63, 3.8) is 0 Å². The van der Waals surface area contributed by atoms with Gasteiger partial charge in [-0.3, -0.25) is 4.57 Å². The van der Waals surface area contributed by atoms with Gasteiger partial charge in [0, 0.05) is 12.2 Å². The van der Waals surface area contributed by atoms with E-state index in [-0.39, 0.29) is 0 Å². The molecule has 2 heterocycles. The number of hydrogen-bond acceptors (Lipinski definition) is 2. The SMILES string of the molecule is Cc1cnc2c(c1)[nH]c(=S)n2C1CCCC1. The van der Waals surface area contributed by atoms with Crippen molar-refractivity contribution < 1.29 is 0 Å². The highest BCUT2D eigenvalue weighted by molar-refractivity contribution is 7.71. The van der Waals surface area contributed by atoms with E-state index < -0.39 is 0 Å². The minimum Gasteiger partial charge on any atom is -0.329 e. The largest absolute Gasteiger partial charge is 0.329 e. The summed E-state index contributed by atoms with van der Waals surface area (Å²) in [6, 6.07) is 2.67. The van der Waals surface area contributed by atoms with Crippen LogP contribution in [0.2, 0.25) is 0 Å². The van der Waals surface area contributed by atoms with Crippen molar-refractivity contribution in [1.29, 1.82) is 0 Å². The topological polar surface area (TPSA) is 33.6 Å². The molecule has 0 aromatic carbocycles. The van der Waals surface area contributed by atoms with Crippen molar-refractivity contribution in [3.05, 3.63) is 22.6 Å². The van der Waals surface area contributed by atoms with E-state index in [0.717, 1.165) is 15.9 Å². The van der Waals surface area contributed by atoms with E-state index in [9.17, 15) is 0 Å². The van der Waals surface area contributed by atoms with Crippen LogP contribution in [0.5, 0.6) is 0 Å². The zero-order chi connectivity index (χ0) is 11.1. The Morgan fingerprint density at radius 2 is 2.19 bits per heavy atom. The van der Waals surface area contributed by atoms with Crippen LogP contribution in [0.15, 0.2) is 12.3 Å². The molecule has 3 rings (SSSR count). The molecule has 4 heteroatoms. The number of rotatable bonds is 1. The van der Waals surface area contributed by atoms with Gasteiger partial charge in [0.05, 0.1) is 5.52 Å². The van der Waals surface area contributed by atoms with E-state index in [0.29, 0.717) is 6.04 Å². The molecule has 1 aliphatic carbocycles. The normalized spacial score (nSPS) is 17.3. The zero-order valence-electron chi connectivity index (χ0n) is 9.36. The van der Waals surface area contributed by atoms with Crippen LogP contribution in [-0.4, -0.2) is 14.5 Å². The van der Waals surface area contributed by atoms with E-state index >= 15 is 0 Å². The van der Waals surface area contributed by atoms with Crippen molar-refractivity contribution in [1.82, 2.24) is 14.5 Å². The molecule has 0 aliphatic heterocycles. The Bertz CT molecular complexity index is 575. The minimum absolute atomic E-state index is 0.552. The Morgan fingerprint density at radius 1 is 1.44 bits per heavy atom. The number of fused-ring (bicyclic) bond motifs is 1. The maximum absolute atomic E-state index is 5.40. The molecule has 1 N–H and O–H groups in total. The molecule has 84 valence electrons.